The van der Waals surface area contributed by atoms with E-state index < -0.39 is 0 Å². The van der Waals surface area contributed by atoms with E-state index in [4.69, 9.17) is 0 Å². The SMILES string of the molecule is O=CCn1c(=O)n(C2C=CC=NN2)c2ccccc21. The molecule has 96 valence electrons. The zero-order valence-corrected chi connectivity index (χ0v) is 10.1. The maximum Gasteiger partial charge on any atom is 0.331 e. The van der Waals surface area contributed by atoms with E-state index in [2.05, 4.69) is 10.5 Å². The van der Waals surface area contributed by atoms with E-state index >= 15 is 0 Å². The number of nitrogens with one attached hydrogen (secondary N) is 1. The summed E-state index contributed by atoms with van der Waals surface area (Å²) in [6.45, 7) is 0.0477. The van der Waals surface area contributed by atoms with Crippen LogP contribution in [0.4, 0.5) is 0 Å². The molecular formula is C13H12N4O2. The molecule has 0 saturated carbocycles. The fraction of sp³-hybridized carbons (Fsp3) is 0.154. The van der Waals surface area contributed by atoms with Gasteiger partial charge in [-0.15, -0.1) is 0 Å². The first-order valence-electron chi connectivity index (χ1n) is 5.91. The van der Waals surface area contributed by atoms with Crippen molar-refractivity contribution in [1.82, 2.24) is 14.6 Å². The number of aldehydes is 1. The average molecular weight is 256 g/mol. The van der Waals surface area contributed by atoms with Crippen molar-refractivity contribution in [2.45, 2.75) is 12.7 Å². The van der Waals surface area contributed by atoms with Crippen LogP contribution in [0.15, 0.2) is 46.3 Å². The molecule has 19 heavy (non-hydrogen) atoms. The van der Waals surface area contributed by atoms with Gasteiger partial charge in [0.25, 0.3) is 0 Å². The Kier molecular flexibility index (Phi) is 2.75. The molecule has 0 amide bonds. The summed E-state index contributed by atoms with van der Waals surface area (Å²) in [6, 6.07) is 7.38. The number of rotatable bonds is 3. The van der Waals surface area contributed by atoms with Crippen LogP contribution in [-0.2, 0) is 11.3 Å². The molecule has 1 aromatic heterocycles. The lowest BCUT2D eigenvalue weighted by atomic mass is 10.3. The van der Waals surface area contributed by atoms with E-state index in [1.54, 1.807) is 16.9 Å². The van der Waals surface area contributed by atoms with Crippen LogP contribution in [0, 0.1) is 0 Å². The van der Waals surface area contributed by atoms with Crippen LogP contribution in [0.5, 0.6) is 0 Å². The van der Waals surface area contributed by atoms with E-state index in [0.717, 1.165) is 17.3 Å². The molecule has 0 aliphatic carbocycles. The molecule has 1 aliphatic rings. The van der Waals surface area contributed by atoms with Crippen LogP contribution in [0.3, 0.4) is 0 Å². The number of carbonyl (C=O) groups excluding carboxylic acids is 1. The molecule has 6 heteroatoms. The molecule has 0 fully saturated rings. The van der Waals surface area contributed by atoms with E-state index in [1.807, 2.05) is 30.3 Å². The largest absolute Gasteiger partial charge is 0.331 e. The Balaban J connectivity index is 2.26. The Morgan fingerprint density at radius 3 is 2.79 bits per heavy atom. The number of imidazole rings is 1. The lowest BCUT2D eigenvalue weighted by Gasteiger charge is -2.16. The van der Waals surface area contributed by atoms with Gasteiger partial charge in [0, 0.05) is 6.21 Å². The number of hydrogen-bond donors (Lipinski definition) is 1. The molecular weight excluding hydrogens is 244 g/mol. The third-order valence-electron chi connectivity index (χ3n) is 3.07. The predicted molar refractivity (Wildman–Crippen MR) is 72.1 cm³/mol. The van der Waals surface area contributed by atoms with Gasteiger partial charge in [-0.05, 0) is 24.3 Å². The minimum Gasteiger partial charge on any atom is -0.301 e. The lowest BCUT2D eigenvalue weighted by molar-refractivity contribution is -0.108. The van der Waals surface area contributed by atoms with Gasteiger partial charge < -0.3 is 4.79 Å². The van der Waals surface area contributed by atoms with Crippen molar-refractivity contribution in [3.8, 4) is 0 Å². The molecule has 0 radical (unpaired) electrons. The Morgan fingerprint density at radius 2 is 2.11 bits per heavy atom. The third kappa shape index (κ3) is 1.77. The zero-order chi connectivity index (χ0) is 13.2. The summed E-state index contributed by atoms with van der Waals surface area (Å²) in [6.07, 6.45) is 5.62. The summed E-state index contributed by atoms with van der Waals surface area (Å²) in [4.78, 5) is 23.2. The fourth-order valence-electron chi connectivity index (χ4n) is 2.26. The second kappa shape index (κ2) is 4.56. The number of hydrazone groups is 1. The predicted octanol–water partition coefficient (Wildman–Crippen LogP) is 0.646. The van der Waals surface area contributed by atoms with Crippen molar-refractivity contribution >= 4 is 23.5 Å². The molecule has 1 aliphatic heterocycles. The third-order valence-corrected chi connectivity index (χ3v) is 3.07. The van der Waals surface area contributed by atoms with Gasteiger partial charge in [0.2, 0.25) is 0 Å². The number of allylic oxidation sites excluding steroid dienone is 1. The van der Waals surface area contributed by atoms with Gasteiger partial charge in [-0.1, -0.05) is 12.1 Å². The number of carbonyl (C=O) groups is 1. The van der Waals surface area contributed by atoms with E-state index in [-0.39, 0.29) is 18.4 Å². The number of para-hydroxylation sites is 2. The molecule has 6 nitrogen and oxygen atoms in total. The van der Waals surface area contributed by atoms with Gasteiger partial charge in [-0.3, -0.25) is 14.6 Å². The van der Waals surface area contributed by atoms with E-state index in [0.29, 0.717) is 0 Å². The van der Waals surface area contributed by atoms with Crippen LogP contribution >= 0.6 is 0 Å². The van der Waals surface area contributed by atoms with Gasteiger partial charge in [-0.25, -0.2) is 4.79 Å². The number of aromatic nitrogens is 2. The molecule has 2 heterocycles. The van der Waals surface area contributed by atoms with Crippen molar-refractivity contribution < 1.29 is 4.79 Å². The van der Waals surface area contributed by atoms with Gasteiger partial charge in [0.1, 0.15) is 12.5 Å². The lowest BCUT2D eigenvalue weighted by Crippen LogP contribution is -2.33. The average Bonchev–Trinajstić information content (AvgIpc) is 2.73. The standard InChI is InChI=1S/C13H12N4O2/c18-9-8-16-10-4-1-2-5-11(10)17(13(16)19)12-6-3-7-14-15-12/h1-7,9,12,15H,8H2. The number of hydrogen-bond acceptors (Lipinski definition) is 4. The first-order chi connectivity index (χ1) is 9.33. The highest BCUT2D eigenvalue weighted by atomic mass is 16.2. The second-order valence-corrected chi connectivity index (χ2v) is 4.16. The molecule has 1 N–H and O–H groups in total. The van der Waals surface area contributed by atoms with Crippen molar-refractivity contribution in [2.75, 3.05) is 0 Å². The Morgan fingerprint density at radius 1 is 1.32 bits per heavy atom. The first-order valence-corrected chi connectivity index (χ1v) is 5.91. The number of benzene rings is 1. The fourth-order valence-corrected chi connectivity index (χ4v) is 2.26. The molecule has 0 bridgehead atoms. The number of fused-ring (bicyclic) bond motifs is 1. The van der Waals surface area contributed by atoms with Crippen LogP contribution in [-0.4, -0.2) is 21.6 Å². The highest BCUT2D eigenvalue weighted by Crippen LogP contribution is 2.17. The Hall–Kier alpha value is -2.63. The van der Waals surface area contributed by atoms with Crippen LogP contribution in [0.2, 0.25) is 0 Å². The van der Waals surface area contributed by atoms with Gasteiger partial charge >= 0.3 is 5.69 Å². The summed E-state index contributed by atoms with van der Waals surface area (Å²) in [5.41, 5.74) is 4.15. The highest BCUT2D eigenvalue weighted by Gasteiger charge is 2.18. The molecule has 1 unspecified atom stereocenters. The van der Waals surface area contributed by atoms with Crippen molar-refractivity contribution in [3.63, 3.8) is 0 Å². The molecule has 1 atom stereocenters. The topological polar surface area (TPSA) is 68.4 Å². The molecule has 2 aromatic rings. The monoisotopic (exact) mass is 256 g/mol. The first kappa shape index (κ1) is 11.5. The van der Waals surface area contributed by atoms with Gasteiger partial charge in [0.15, 0.2) is 0 Å². The minimum absolute atomic E-state index is 0.0477. The smallest absolute Gasteiger partial charge is 0.301 e. The zero-order valence-electron chi connectivity index (χ0n) is 10.1. The van der Waals surface area contributed by atoms with Gasteiger partial charge in [-0.2, -0.15) is 5.10 Å². The summed E-state index contributed by atoms with van der Waals surface area (Å²) in [5.74, 6) is 0. The minimum atomic E-state index is -0.338. The maximum atomic E-state index is 12.4. The van der Waals surface area contributed by atoms with E-state index in [1.165, 1.54) is 4.57 Å². The van der Waals surface area contributed by atoms with Crippen molar-refractivity contribution in [1.29, 1.82) is 0 Å². The molecule has 0 saturated heterocycles. The van der Waals surface area contributed by atoms with Crippen molar-refractivity contribution in [2.24, 2.45) is 5.10 Å². The summed E-state index contributed by atoms with van der Waals surface area (Å²) < 4.78 is 3.04. The summed E-state index contributed by atoms with van der Waals surface area (Å²) >= 11 is 0. The normalized spacial score (nSPS) is 17.6. The Bertz CT molecular complexity index is 739. The van der Waals surface area contributed by atoms with Crippen molar-refractivity contribution in [3.05, 3.63) is 46.9 Å². The summed E-state index contributed by atoms with van der Waals surface area (Å²) in [5, 5.41) is 3.94. The summed E-state index contributed by atoms with van der Waals surface area (Å²) in [7, 11) is 0. The van der Waals surface area contributed by atoms with Crippen LogP contribution < -0.4 is 11.1 Å². The second-order valence-electron chi connectivity index (χ2n) is 4.16. The van der Waals surface area contributed by atoms with Gasteiger partial charge in [0.05, 0.1) is 17.6 Å². The molecule has 3 rings (SSSR count). The highest BCUT2D eigenvalue weighted by molar-refractivity contribution is 5.77. The molecule has 1 aromatic carbocycles. The quantitative estimate of drug-likeness (QED) is 0.820. The maximum absolute atomic E-state index is 12.4. The number of nitrogens with zero attached hydrogens (tertiary/aromatic N) is 3. The van der Waals surface area contributed by atoms with Crippen LogP contribution in [0.25, 0.3) is 11.0 Å². The molecule has 0 spiro atoms. The van der Waals surface area contributed by atoms with Crippen LogP contribution in [0.1, 0.15) is 6.17 Å². The van der Waals surface area contributed by atoms with E-state index in [9.17, 15) is 9.59 Å². The Labute approximate surface area is 108 Å².